The number of hydrogen-bond donors (Lipinski definition) is 0. The summed E-state index contributed by atoms with van der Waals surface area (Å²) in [6.07, 6.45) is 6.87. The number of benzene rings is 1. The van der Waals surface area contributed by atoms with Crippen LogP contribution in [0, 0.1) is 12.3 Å². The van der Waals surface area contributed by atoms with Gasteiger partial charge in [-0.25, -0.2) is 11.3 Å². The average molecular weight is 222 g/mol. The van der Waals surface area contributed by atoms with E-state index in [0.29, 0.717) is 5.01 Å². The molecule has 0 aliphatic heterocycles. The van der Waals surface area contributed by atoms with Gasteiger partial charge in [-0.05, 0) is 12.1 Å². The molecule has 0 saturated carbocycles. The minimum atomic E-state index is 0. The molecule has 3 heteroatoms. The quantitative estimate of drug-likeness (QED) is 0.378. The molecule has 0 fully saturated rings. The molecule has 2 aromatic rings. The van der Waals surface area contributed by atoms with Gasteiger partial charge in [0, 0.05) is 9.71 Å². The summed E-state index contributed by atoms with van der Waals surface area (Å²) in [6, 6.07) is 7.84. The van der Waals surface area contributed by atoms with Crippen molar-refractivity contribution in [1.29, 1.82) is 0 Å². The summed E-state index contributed by atoms with van der Waals surface area (Å²) in [5, 5.41) is 0.645. The Bertz CT molecular complexity index is 394. The standard InChI is InChI=1S/C9H4NS.Cu/c1-2-9-10-7-5-3-4-6-8(7)11-9;/h3-6H;/q-1;+1. The van der Waals surface area contributed by atoms with Gasteiger partial charge in [-0.1, -0.05) is 12.1 Å². The Morgan fingerprint density at radius 1 is 1.33 bits per heavy atom. The summed E-state index contributed by atoms with van der Waals surface area (Å²) in [6.45, 7) is 0. The van der Waals surface area contributed by atoms with E-state index in [0.717, 1.165) is 10.2 Å². The molecule has 2 rings (SSSR count). The van der Waals surface area contributed by atoms with Crippen LogP contribution in [0.25, 0.3) is 10.2 Å². The van der Waals surface area contributed by atoms with Gasteiger partial charge in [-0.15, -0.1) is 0 Å². The van der Waals surface area contributed by atoms with E-state index in [1.165, 1.54) is 11.3 Å². The predicted octanol–water partition coefficient (Wildman–Crippen LogP) is 2.23. The largest absolute Gasteiger partial charge is 1.00 e. The zero-order chi connectivity index (χ0) is 7.68. The molecule has 0 amide bonds. The fourth-order valence-electron chi connectivity index (χ4n) is 0.926. The Morgan fingerprint density at radius 3 is 2.75 bits per heavy atom. The Balaban J connectivity index is 0.000000720. The van der Waals surface area contributed by atoms with Crippen LogP contribution in [0.1, 0.15) is 5.01 Å². The molecule has 0 aliphatic carbocycles. The van der Waals surface area contributed by atoms with Crippen molar-refractivity contribution in [3.63, 3.8) is 0 Å². The van der Waals surface area contributed by atoms with E-state index in [9.17, 15) is 0 Å². The zero-order valence-corrected chi connectivity index (χ0v) is 7.72. The summed E-state index contributed by atoms with van der Waals surface area (Å²) in [4.78, 5) is 4.15. The van der Waals surface area contributed by atoms with Gasteiger partial charge in [0.15, 0.2) is 0 Å². The van der Waals surface area contributed by atoms with Crippen molar-refractivity contribution in [2.75, 3.05) is 0 Å². The molecule has 1 nitrogen and oxygen atoms in total. The van der Waals surface area contributed by atoms with Crippen molar-refractivity contribution in [2.24, 2.45) is 0 Å². The van der Waals surface area contributed by atoms with E-state index >= 15 is 0 Å². The van der Waals surface area contributed by atoms with Crippen LogP contribution < -0.4 is 0 Å². The minimum Gasteiger partial charge on any atom is -0.364 e. The molecule has 1 aromatic carbocycles. The maximum absolute atomic E-state index is 6.87. The number of thiazole rings is 1. The van der Waals surface area contributed by atoms with Gasteiger partial charge in [-0.2, -0.15) is 0 Å². The van der Waals surface area contributed by atoms with Crippen molar-refractivity contribution < 1.29 is 17.1 Å². The third-order valence-electron chi connectivity index (χ3n) is 1.40. The Hall–Kier alpha value is -0.811. The second-order valence-electron chi connectivity index (χ2n) is 2.11. The molecule has 0 radical (unpaired) electrons. The van der Waals surface area contributed by atoms with Crippen LogP contribution in [0.2, 0.25) is 0 Å². The third kappa shape index (κ3) is 1.51. The minimum absolute atomic E-state index is 0. The van der Waals surface area contributed by atoms with Gasteiger partial charge < -0.3 is 11.4 Å². The van der Waals surface area contributed by atoms with Gasteiger partial charge in [0.1, 0.15) is 0 Å². The van der Waals surface area contributed by atoms with Crippen molar-refractivity contribution in [1.82, 2.24) is 4.98 Å². The number of hydrogen-bond acceptors (Lipinski definition) is 2. The summed E-state index contributed by atoms with van der Waals surface area (Å²) < 4.78 is 1.11. The van der Waals surface area contributed by atoms with Crippen LogP contribution in [0.4, 0.5) is 0 Å². The van der Waals surface area contributed by atoms with Crippen LogP contribution in [-0.2, 0) is 17.1 Å². The summed E-state index contributed by atoms with van der Waals surface area (Å²) in [5.74, 6) is 2.27. The summed E-state index contributed by atoms with van der Waals surface area (Å²) in [5.41, 5.74) is 0.951. The predicted molar refractivity (Wildman–Crippen MR) is 45.9 cm³/mol. The SMILES string of the molecule is [C-]#Cc1nc2ccccc2s1.[Cu+]. The van der Waals surface area contributed by atoms with E-state index in [-0.39, 0.29) is 17.1 Å². The second kappa shape index (κ2) is 3.73. The first-order chi connectivity index (χ1) is 5.40. The Labute approximate surface area is 85.3 Å². The van der Waals surface area contributed by atoms with Gasteiger partial charge in [0.05, 0.1) is 5.52 Å². The van der Waals surface area contributed by atoms with Crippen LogP contribution >= 0.6 is 11.3 Å². The van der Waals surface area contributed by atoms with E-state index < -0.39 is 0 Å². The van der Waals surface area contributed by atoms with Crippen molar-refractivity contribution in [3.8, 4) is 5.92 Å². The van der Waals surface area contributed by atoms with Crippen LogP contribution in [0.3, 0.4) is 0 Å². The fourth-order valence-corrected chi connectivity index (χ4v) is 1.69. The molecule has 12 heavy (non-hydrogen) atoms. The monoisotopic (exact) mass is 221 g/mol. The topological polar surface area (TPSA) is 12.9 Å². The molecule has 0 atom stereocenters. The number of aromatic nitrogens is 1. The molecular formula is C9H4CuNS. The molecular weight excluding hydrogens is 218 g/mol. The molecule has 0 N–H and O–H groups in total. The van der Waals surface area contributed by atoms with Gasteiger partial charge in [0.2, 0.25) is 0 Å². The van der Waals surface area contributed by atoms with Crippen molar-refractivity contribution in [3.05, 3.63) is 35.7 Å². The Morgan fingerprint density at radius 2 is 2.08 bits per heavy atom. The van der Waals surface area contributed by atoms with Gasteiger partial charge in [-0.3, -0.25) is 5.92 Å². The van der Waals surface area contributed by atoms with Crippen molar-refractivity contribution >= 4 is 21.6 Å². The maximum Gasteiger partial charge on any atom is 1.00 e. The van der Waals surface area contributed by atoms with Crippen molar-refractivity contribution in [2.45, 2.75) is 0 Å². The second-order valence-corrected chi connectivity index (χ2v) is 3.14. The third-order valence-corrected chi connectivity index (χ3v) is 2.35. The van der Waals surface area contributed by atoms with Crippen LogP contribution in [-0.4, -0.2) is 4.98 Å². The molecule has 0 saturated heterocycles. The number of para-hydroxylation sites is 1. The molecule has 0 spiro atoms. The number of rotatable bonds is 0. The zero-order valence-electron chi connectivity index (χ0n) is 5.97. The van der Waals surface area contributed by atoms with E-state index in [1.807, 2.05) is 24.3 Å². The normalized spacial score (nSPS) is 8.92. The first kappa shape index (κ1) is 9.28. The smallest absolute Gasteiger partial charge is 0.364 e. The molecule has 0 bridgehead atoms. The Kier molecular flexibility index (Phi) is 2.88. The van der Waals surface area contributed by atoms with Gasteiger partial charge >= 0.3 is 17.1 Å². The first-order valence-corrected chi connectivity index (χ1v) is 4.00. The molecule has 0 unspecified atom stereocenters. The molecule has 1 aromatic heterocycles. The van der Waals surface area contributed by atoms with Crippen LogP contribution in [0.5, 0.6) is 0 Å². The number of fused-ring (bicyclic) bond motifs is 1. The maximum atomic E-state index is 6.87. The van der Waals surface area contributed by atoms with E-state index in [2.05, 4.69) is 10.9 Å². The summed E-state index contributed by atoms with van der Waals surface area (Å²) in [7, 11) is 0. The van der Waals surface area contributed by atoms with Gasteiger partial charge in [0.25, 0.3) is 0 Å². The van der Waals surface area contributed by atoms with Crippen LogP contribution in [0.15, 0.2) is 24.3 Å². The number of nitrogens with zero attached hydrogens (tertiary/aromatic N) is 1. The molecule has 1 heterocycles. The molecule has 62 valence electrons. The van der Waals surface area contributed by atoms with E-state index in [1.54, 1.807) is 0 Å². The molecule has 0 aliphatic rings. The average Bonchev–Trinajstić information content (AvgIpc) is 2.46. The first-order valence-electron chi connectivity index (χ1n) is 3.18. The summed E-state index contributed by atoms with van der Waals surface area (Å²) >= 11 is 1.49. The van der Waals surface area contributed by atoms with E-state index in [4.69, 9.17) is 6.42 Å². The fraction of sp³-hybridized carbons (Fsp3) is 0.